The van der Waals surface area contributed by atoms with Crippen LogP contribution in [0.3, 0.4) is 0 Å². The molecular weight excluding hydrogens is 512 g/mol. The van der Waals surface area contributed by atoms with Gasteiger partial charge in [-0.3, -0.25) is 44.2 Å². The van der Waals surface area contributed by atoms with E-state index in [9.17, 15) is 38.7 Å². The van der Waals surface area contributed by atoms with Gasteiger partial charge in [0.05, 0.1) is 43.8 Å². The van der Waals surface area contributed by atoms with E-state index in [1.807, 2.05) is 6.92 Å². The monoisotopic (exact) mass is 556 g/mol. The van der Waals surface area contributed by atoms with Gasteiger partial charge in [-0.1, -0.05) is 20.3 Å². The Labute approximate surface area is 229 Å². The van der Waals surface area contributed by atoms with E-state index in [4.69, 9.17) is 0 Å². The molecule has 222 valence electrons. The Morgan fingerprint density at radius 1 is 0.718 bits per heavy atom. The lowest BCUT2D eigenvalue weighted by Crippen LogP contribution is -2.57. The Hall–Kier alpha value is -3.39. The molecule has 0 radical (unpaired) electrons. The zero-order valence-electron chi connectivity index (χ0n) is 23.8. The Morgan fingerprint density at radius 3 is 1.69 bits per heavy atom. The van der Waals surface area contributed by atoms with Crippen LogP contribution in [0.25, 0.3) is 0 Å². The minimum Gasteiger partial charge on any atom is -0.480 e. The zero-order valence-corrected chi connectivity index (χ0v) is 23.8. The molecule has 0 aromatic rings. The summed E-state index contributed by atoms with van der Waals surface area (Å²) in [5.74, 6) is -4.28. The molecule has 0 fully saturated rings. The fourth-order valence-electron chi connectivity index (χ4n) is 3.45. The number of rotatable bonds is 20. The first-order valence-electron chi connectivity index (χ1n) is 13.0. The zero-order chi connectivity index (χ0) is 30.2. The molecule has 0 spiro atoms. The fraction of sp³-hybridized carbons (Fsp3) is 0.720. The summed E-state index contributed by atoms with van der Waals surface area (Å²) in [6, 6.07) is 0. The number of Topliss-reactive ketones (excluding diaryl/α,β-unsaturated/α-hetero) is 2. The Morgan fingerprint density at radius 2 is 1.23 bits per heavy atom. The van der Waals surface area contributed by atoms with Crippen molar-refractivity contribution in [3.05, 3.63) is 0 Å². The SMILES string of the molecule is CCCC(C)(NCC(=O)NCC(=O)N(CC(=O)O)CC(=O)C(C)(CC)NCC(=O)NCC(=O)NCC)C(C)=O. The smallest absolute Gasteiger partial charge is 0.323 e. The number of hydrogen-bond acceptors (Lipinski definition) is 9. The third-order valence-corrected chi connectivity index (χ3v) is 6.40. The van der Waals surface area contributed by atoms with Gasteiger partial charge in [-0.15, -0.1) is 0 Å². The molecule has 2 unspecified atom stereocenters. The maximum absolute atomic E-state index is 13.1. The van der Waals surface area contributed by atoms with Crippen LogP contribution in [0.15, 0.2) is 0 Å². The third kappa shape index (κ3) is 13.3. The molecule has 2 atom stereocenters. The summed E-state index contributed by atoms with van der Waals surface area (Å²) < 4.78 is 0. The molecule has 0 aliphatic rings. The Kier molecular flexibility index (Phi) is 15.7. The molecule has 6 N–H and O–H groups in total. The van der Waals surface area contributed by atoms with Crippen molar-refractivity contribution in [3.8, 4) is 0 Å². The largest absolute Gasteiger partial charge is 0.480 e. The van der Waals surface area contributed by atoms with Crippen LogP contribution in [-0.2, 0) is 33.6 Å². The summed E-state index contributed by atoms with van der Waals surface area (Å²) >= 11 is 0. The topological polar surface area (TPSA) is 203 Å². The minimum absolute atomic E-state index is 0.133. The van der Waals surface area contributed by atoms with Gasteiger partial charge in [-0.05, 0) is 40.5 Å². The van der Waals surface area contributed by atoms with Gasteiger partial charge in [0, 0.05) is 6.54 Å². The molecule has 39 heavy (non-hydrogen) atoms. The van der Waals surface area contributed by atoms with Gasteiger partial charge in [0.2, 0.25) is 23.6 Å². The highest BCUT2D eigenvalue weighted by molar-refractivity contribution is 5.95. The second-order valence-corrected chi connectivity index (χ2v) is 9.60. The lowest BCUT2D eigenvalue weighted by atomic mass is 9.92. The average Bonchev–Trinajstić information content (AvgIpc) is 2.87. The van der Waals surface area contributed by atoms with Crippen LogP contribution in [0.5, 0.6) is 0 Å². The van der Waals surface area contributed by atoms with Crippen molar-refractivity contribution in [2.24, 2.45) is 0 Å². The van der Waals surface area contributed by atoms with E-state index in [1.165, 1.54) is 13.8 Å². The highest BCUT2D eigenvalue weighted by Gasteiger charge is 2.34. The second-order valence-electron chi connectivity index (χ2n) is 9.60. The van der Waals surface area contributed by atoms with Crippen molar-refractivity contribution < 1.29 is 38.7 Å². The van der Waals surface area contributed by atoms with Crippen molar-refractivity contribution in [1.29, 1.82) is 0 Å². The summed E-state index contributed by atoms with van der Waals surface area (Å²) in [6.07, 6.45) is 1.45. The average molecular weight is 557 g/mol. The molecule has 0 aliphatic heterocycles. The quantitative estimate of drug-likeness (QED) is 0.101. The first-order valence-corrected chi connectivity index (χ1v) is 13.0. The lowest BCUT2D eigenvalue weighted by Gasteiger charge is -2.31. The van der Waals surface area contributed by atoms with Gasteiger partial charge in [-0.2, -0.15) is 0 Å². The minimum atomic E-state index is -1.35. The van der Waals surface area contributed by atoms with E-state index in [-0.39, 0.29) is 37.7 Å². The van der Waals surface area contributed by atoms with E-state index < -0.39 is 60.2 Å². The van der Waals surface area contributed by atoms with Crippen LogP contribution in [0.4, 0.5) is 0 Å². The predicted molar refractivity (Wildman–Crippen MR) is 143 cm³/mol. The summed E-state index contributed by atoms with van der Waals surface area (Å²) in [6.45, 7) is 7.72. The summed E-state index contributed by atoms with van der Waals surface area (Å²) in [7, 11) is 0. The number of likely N-dealkylation sites (N-methyl/N-ethyl adjacent to an activating group) is 1. The van der Waals surface area contributed by atoms with Crippen molar-refractivity contribution >= 4 is 41.2 Å². The van der Waals surface area contributed by atoms with E-state index in [0.717, 1.165) is 4.90 Å². The van der Waals surface area contributed by atoms with Crippen LogP contribution < -0.4 is 26.6 Å². The van der Waals surface area contributed by atoms with Gasteiger partial charge >= 0.3 is 5.97 Å². The second kappa shape index (κ2) is 17.2. The van der Waals surface area contributed by atoms with Crippen molar-refractivity contribution in [2.45, 2.75) is 71.9 Å². The normalized spacial score (nSPS) is 13.8. The van der Waals surface area contributed by atoms with Crippen molar-refractivity contribution in [3.63, 3.8) is 0 Å². The summed E-state index contributed by atoms with van der Waals surface area (Å²) in [5.41, 5.74) is -2.17. The molecule has 4 amide bonds. The van der Waals surface area contributed by atoms with Crippen LogP contribution in [0, 0.1) is 0 Å². The molecule has 14 nitrogen and oxygen atoms in total. The molecule has 0 aromatic heterocycles. The highest BCUT2D eigenvalue weighted by Crippen LogP contribution is 2.13. The van der Waals surface area contributed by atoms with E-state index in [2.05, 4.69) is 26.6 Å². The number of carboxylic acid groups (broad SMARTS) is 1. The van der Waals surface area contributed by atoms with Crippen LogP contribution in [0.2, 0.25) is 0 Å². The van der Waals surface area contributed by atoms with Gasteiger partial charge in [0.15, 0.2) is 5.78 Å². The molecule has 0 bridgehead atoms. The number of hydrogen-bond donors (Lipinski definition) is 6. The predicted octanol–water partition coefficient (Wildman–Crippen LogP) is -1.67. The summed E-state index contributed by atoms with van der Waals surface area (Å²) in [5, 5.41) is 22.3. The fourth-order valence-corrected chi connectivity index (χ4v) is 3.45. The molecule has 0 saturated carbocycles. The standard InChI is InChI=1S/C25H44N6O8/c1-7-10-25(6,17(4)32)30-13-21(36)28-14-22(37)31(16-23(38)39)15-18(33)24(5,8-2)29-12-20(35)27-11-19(34)26-9-3/h29-30H,7-16H2,1-6H3,(H,26,34)(H,27,35)(H,28,36)(H,38,39). The number of carboxylic acids is 1. The number of ketones is 2. The molecular formula is C25H44N6O8. The number of carbonyl (C=O) groups is 7. The maximum atomic E-state index is 13.1. The molecule has 0 saturated heterocycles. The van der Waals surface area contributed by atoms with Crippen molar-refractivity contribution in [1.82, 2.24) is 31.5 Å². The summed E-state index contributed by atoms with van der Waals surface area (Å²) in [4.78, 5) is 85.7. The molecule has 0 rings (SSSR count). The number of nitrogens with one attached hydrogen (secondary N) is 5. The lowest BCUT2D eigenvalue weighted by molar-refractivity contribution is -0.146. The number of nitrogens with zero attached hydrogens (tertiary/aromatic N) is 1. The maximum Gasteiger partial charge on any atom is 0.323 e. The highest BCUT2D eigenvalue weighted by atomic mass is 16.4. The van der Waals surface area contributed by atoms with Gasteiger partial charge in [0.25, 0.3) is 0 Å². The molecule has 0 aliphatic carbocycles. The third-order valence-electron chi connectivity index (χ3n) is 6.40. The first-order chi connectivity index (χ1) is 18.1. The molecule has 0 heterocycles. The van der Waals surface area contributed by atoms with Crippen LogP contribution in [0.1, 0.15) is 60.8 Å². The number of carbonyl (C=O) groups excluding carboxylic acids is 6. The molecule has 14 heteroatoms. The number of amides is 4. The van der Waals surface area contributed by atoms with Crippen LogP contribution >= 0.6 is 0 Å². The molecule has 0 aromatic carbocycles. The Bertz CT molecular complexity index is 911. The van der Waals surface area contributed by atoms with E-state index in [1.54, 1.807) is 20.8 Å². The van der Waals surface area contributed by atoms with E-state index >= 15 is 0 Å². The van der Waals surface area contributed by atoms with Gasteiger partial charge in [-0.25, -0.2) is 0 Å². The van der Waals surface area contributed by atoms with Gasteiger partial charge in [0.1, 0.15) is 12.3 Å². The van der Waals surface area contributed by atoms with E-state index in [0.29, 0.717) is 19.4 Å². The van der Waals surface area contributed by atoms with Crippen LogP contribution in [-0.4, -0.2) is 108 Å². The Balaban J connectivity index is 5.11. The number of aliphatic carboxylic acids is 1. The van der Waals surface area contributed by atoms with Crippen molar-refractivity contribution in [2.75, 3.05) is 45.8 Å². The first kappa shape index (κ1) is 35.6. The van der Waals surface area contributed by atoms with Gasteiger partial charge < -0.3 is 26.0 Å².